The maximum absolute atomic E-state index is 14.0. The van der Waals surface area contributed by atoms with E-state index < -0.39 is 21.6 Å². The standard InChI is InChI=1S/C22H19FN2O5S/c1-14-17(18-10-15(23)8-9-19(18)25(14)12-21(26)29-2)11-20-22(24-13-30-20)31(27,28)16-6-4-3-5-7-16/h3-10,13H,11-12H2,1-2H3. The third kappa shape index (κ3) is 3.72. The Morgan fingerprint density at radius 3 is 2.65 bits per heavy atom. The molecule has 0 amide bonds. The van der Waals surface area contributed by atoms with Crippen LogP contribution < -0.4 is 0 Å². The van der Waals surface area contributed by atoms with Gasteiger partial charge in [0.15, 0.2) is 6.39 Å². The van der Waals surface area contributed by atoms with E-state index in [1.807, 2.05) is 0 Å². The smallest absolute Gasteiger partial charge is 0.325 e. The van der Waals surface area contributed by atoms with Crippen LogP contribution in [-0.2, 0) is 32.3 Å². The number of nitrogens with zero attached hydrogens (tertiary/aromatic N) is 2. The quantitative estimate of drug-likeness (QED) is 0.423. The van der Waals surface area contributed by atoms with Crippen LogP contribution in [0.1, 0.15) is 17.0 Å². The molecule has 2 aromatic carbocycles. The normalized spacial score (nSPS) is 11.7. The lowest BCUT2D eigenvalue weighted by Gasteiger charge is -2.07. The molecule has 0 aliphatic heterocycles. The number of esters is 1. The number of carbonyl (C=O) groups is 1. The third-order valence-corrected chi connectivity index (χ3v) is 6.91. The van der Waals surface area contributed by atoms with Gasteiger partial charge in [0.05, 0.1) is 12.0 Å². The Kier molecular flexibility index (Phi) is 5.36. The van der Waals surface area contributed by atoms with Crippen LogP contribution in [0.3, 0.4) is 0 Å². The lowest BCUT2D eigenvalue weighted by Crippen LogP contribution is -2.12. The molecule has 4 aromatic rings. The molecule has 0 aliphatic rings. The zero-order valence-electron chi connectivity index (χ0n) is 16.8. The van der Waals surface area contributed by atoms with Crippen LogP contribution >= 0.6 is 0 Å². The molecular weight excluding hydrogens is 423 g/mol. The van der Waals surface area contributed by atoms with E-state index in [1.165, 1.54) is 31.4 Å². The van der Waals surface area contributed by atoms with Crippen molar-refractivity contribution in [3.8, 4) is 0 Å². The maximum atomic E-state index is 14.0. The fourth-order valence-electron chi connectivity index (χ4n) is 3.61. The van der Waals surface area contributed by atoms with Crippen LogP contribution in [0.5, 0.6) is 0 Å². The van der Waals surface area contributed by atoms with Crippen LogP contribution in [-0.4, -0.2) is 31.0 Å². The van der Waals surface area contributed by atoms with Gasteiger partial charge in [-0.1, -0.05) is 18.2 Å². The largest absolute Gasteiger partial charge is 0.468 e. The number of sulfone groups is 1. The molecule has 2 aromatic heterocycles. The number of methoxy groups -OCH3 is 1. The summed E-state index contributed by atoms with van der Waals surface area (Å²) in [5, 5.41) is 0.365. The van der Waals surface area contributed by atoms with Crippen molar-refractivity contribution in [1.29, 1.82) is 0 Å². The van der Waals surface area contributed by atoms with E-state index in [-0.39, 0.29) is 28.6 Å². The van der Waals surface area contributed by atoms with Crippen molar-refractivity contribution in [2.24, 2.45) is 0 Å². The monoisotopic (exact) mass is 442 g/mol. The summed E-state index contributed by atoms with van der Waals surface area (Å²) in [6, 6.07) is 12.2. The van der Waals surface area contributed by atoms with Crippen molar-refractivity contribution in [2.45, 2.75) is 29.8 Å². The SMILES string of the molecule is COC(=O)Cn1c(C)c(Cc2ocnc2S(=O)(=O)c2ccccc2)c2cc(F)ccc21. The molecule has 9 heteroatoms. The molecule has 0 fully saturated rings. The van der Waals surface area contributed by atoms with E-state index in [4.69, 9.17) is 9.15 Å². The number of oxazole rings is 1. The van der Waals surface area contributed by atoms with Gasteiger partial charge in [0.25, 0.3) is 0 Å². The number of carbonyl (C=O) groups excluding carboxylic acids is 1. The highest BCUT2D eigenvalue weighted by Gasteiger charge is 2.27. The molecule has 4 rings (SSSR count). The Hall–Kier alpha value is -3.46. The van der Waals surface area contributed by atoms with Gasteiger partial charge in [-0.2, -0.15) is 0 Å². The Balaban J connectivity index is 1.83. The van der Waals surface area contributed by atoms with Crippen molar-refractivity contribution < 1.29 is 26.8 Å². The molecule has 0 N–H and O–H groups in total. The second-order valence-electron chi connectivity index (χ2n) is 6.96. The average Bonchev–Trinajstić information content (AvgIpc) is 3.33. The fourth-order valence-corrected chi connectivity index (χ4v) is 4.95. The maximum Gasteiger partial charge on any atom is 0.325 e. The molecule has 0 radical (unpaired) electrons. The molecule has 0 unspecified atom stereocenters. The van der Waals surface area contributed by atoms with Crippen LogP contribution in [0.4, 0.5) is 4.39 Å². The van der Waals surface area contributed by atoms with Crippen molar-refractivity contribution in [2.75, 3.05) is 7.11 Å². The van der Waals surface area contributed by atoms with Gasteiger partial charge in [-0.25, -0.2) is 17.8 Å². The Labute approximate surface area is 178 Å². The highest BCUT2D eigenvalue weighted by molar-refractivity contribution is 7.91. The molecule has 0 saturated carbocycles. The van der Waals surface area contributed by atoms with Crippen molar-refractivity contribution in [3.63, 3.8) is 0 Å². The van der Waals surface area contributed by atoms with Gasteiger partial charge < -0.3 is 13.7 Å². The minimum Gasteiger partial charge on any atom is -0.468 e. The number of ether oxygens (including phenoxy) is 1. The van der Waals surface area contributed by atoms with Gasteiger partial charge in [-0.3, -0.25) is 4.79 Å². The van der Waals surface area contributed by atoms with Gasteiger partial charge >= 0.3 is 5.97 Å². The molecule has 160 valence electrons. The van der Waals surface area contributed by atoms with Gasteiger partial charge in [0, 0.05) is 23.0 Å². The number of fused-ring (bicyclic) bond motifs is 1. The number of hydrogen-bond acceptors (Lipinski definition) is 6. The average molecular weight is 442 g/mol. The summed E-state index contributed by atoms with van der Waals surface area (Å²) >= 11 is 0. The number of halogens is 1. The molecule has 0 spiro atoms. The fraction of sp³-hybridized carbons (Fsp3) is 0.182. The van der Waals surface area contributed by atoms with E-state index in [1.54, 1.807) is 35.8 Å². The summed E-state index contributed by atoms with van der Waals surface area (Å²) in [5.74, 6) is -0.769. The molecule has 0 saturated heterocycles. The Bertz CT molecular complexity index is 1370. The molecule has 0 bridgehead atoms. The van der Waals surface area contributed by atoms with E-state index in [2.05, 4.69) is 4.98 Å². The van der Waals surface area contributed by atoms with Crippen molar-refractivity contribution >= 4 is 26.7 Å². The van der Waals surface area contributed by atoms with Gasteiger partial charge in [-0.15, -0.1) is 0 Å². The number of rotatable bonds is 6. The van der Waals surface area contributed by atoms with Crippen LogP contribution in [0, 0.1) is 12.7 Å². The van der Waals surface area contributed by atoms with E-state index in [0.29, 0.717) is 22.2 Å². The number of hydrogen-bond donors (Lipinski definition) is 0. The topological polar surface area (TPSA) is 91.4 Å². The molecule has 31 heavy (non-hydrogen) atoms. The summed E-state index contributed by atoms with van der Waals surface area (Å²) in [6.45, 7) is 1.72. The van der Waals surface area contributed by atoms with Crippen molar-refractivity contribution in [3.05, 3.63) is 77.8 Å². The lowest BCUT2D eigenvalue weighted by atomic mass is 10.1. The molecule has 2 heterocycles. The molecule has 7 nitrogen and oxygen atoms in total. The predicted octanol–water partition coefficient (Wildman–Crippen LogP) is 3.67. The summed E-state index contributed by atoms with van der Waals surface area (Å²) in [6.07, 6.45) is 1.13. The minimum absolute atomic E-state index is 0.0569. The zero-order valence-corrected chi connectivity index (χ0v) is 17.6. The van der Waals surface area contributed by atoms with E-state index in [0.717, 1.165) is 6.39 Å². The van der Waals surface area contributed by atoms with Gasteiger partial charge in [-0.05, 0) is 42.8 Å². The minimum atomic E-state index is -3.90. The highest BCUT2D eigenvalue weighted by Crippen LogP contribution is 2.31. The van der Waals surface area contributed by atoms with Gasteiger partial charge in [0.1, 0.15) is 18.1 Å². The van der Waals surface area contributed by atoms with E-state index in [9.17, 15) is 17.6 Å². The number of benzene rings is 2. The molecule has 0 atom stereocenters. The second kappa shape index (κ2) is 7.99. The van der Waals surface area contributed by atoms with Crippen LogP contribution in [0.15, 0.2) is 69.3 Å². The summed E-state index contributed by atoms with van der Waals surface area (Å²) in [4.78, 5) is 15.9. The first-order valence-corrected chi connectivity index (χ1v) is 10.9. The Morgan fingerprint density at radius 1 is 1.19 bits per heavy atom. The first kappa shape index (κ1) is 20.8. The van der Waals surface area contributed by atoms with Crippen LogP contribution in [0.25, 0.3) is 10.9 Å². The van der Waals surface area contributed by atoms with Crippen LogP contribution in [0.2, 0.25) is 0 Å². The molecule has 0 aliphatic carbocycles. The number of aromatic nitrogens is 2. The third-order valence-electron chi connectivity index (χ3n) is 5.18. The highest BCUT2D eigenvalue weighted by atomic mass is 32.2. The predicted molar refractivity (Wildman–Crippen MR) is 110 cm³/mol. The molecular formula is C22H19FN2O5S. The summed E-state index contributed by atoms with van der Waals surface area (Å²) in [7, 11) is -2.61. The first-order chi connectivity index (χ1) is 14.8. The second-order valence-corrected chi connectivity index (χ2v) is 8.83. The zero-order chi connectivity index (χ0) is 22.2. The summed E-state index contributed by atoms with van der Waals surface area (Å²) < 4.78 is 52.0. The van der Waals surface area contributed by atoms with Gasteiger partial charge in [0.2, 0.25) is 14.9 Å². The van der Waals surface area contributed by atoms with E-state index >= 15 is 0 Å². The van der Waals surface area contributed by atoms with Crippen molar-refractivity contribution in [1.82, 2.24) is 9.55 Å². The lowest BCUT2D eigenvalue weighted by molar-refractivity contribution is -0.141. The first-order valence-electron chi connectivity index (χ1n) is 9.39. The Morgan fingerprint density at radius 2 is 1.94 bits per heavy atom. The summed E-state index contributed by atoms with van der Waals surface area (Å²) in [5.41, 5.74) is 1.94.